The molecule has 1 aliphatic rings. The predicted molar refractivity (Wildman–Crippen MR) is 74.1 cm³/mol. The van der Waals surface area contributed by atoms with E-state index in [4.69, 9.17) is 4.52 Å². The Morgan fingerprint density at radius 1 is 1.63 bits per heavy atom. The van der Waals surface area contributed by atoms with Gasteiger partial charge in [0, 0.05) is 18.8 Å². The molecule has 0 aliphatic carbocycles. The molecule has 5 nitrogen and oxygen atoms in total. The molecule has 0 saturated carbocycles. The Labute approximate surface area is 122 Å². The van der Waals surface area contributed by atoms with Gasteiger partial charge >= 0.3 is 0 Å². The Hall–Kier alpha value is -1.21. The average molecular weight is 342 g/mol. The van der Waals surface area contributed by atoms with E-state index in [0.717, 1.165) is 23.2 Å². The highest BCUT2D eigenvalue weighted by Gasteiger charge is 2.33. The van der Waals surface area contributed by atoms with Gasteiger partial charge in [0.05, 0.1) is 15.4 Å². The van der Waals surface area contributed by atoms with E-state index in [0.29, 0.717) is 17.3 Å². The van der Waals surface area contributed by atoms with Gasteiger partial charge in [-0.2, -0.15) is 4.98 Å². The number of amides is 1. The third-order valence-corrected chi connectivity index (χ3v) is 4.67. The van der Waals surface area contributed by atoms with E-state index in [1.165, 1.54) is 11.3 Å². The summed E-state index contributed by atoms with van der Waals surface area (Å²) >= 11 is 4.89. The largest absolute Gasteiger partial charge is 0.340 e. The first kappa shape index (κ1) is 12.8. The van der Waals surface area contributed by atoms with Crippen molar-refractivity contribution in [1.29, 1.82) is 0 Å². The third kappa shape index (κ3) is 2.44. The van der Waals surface area contributed by atoms with E-state index in [9.17, 15) is 4.79 Å². The fourth-order valence-corrected chi connectivity index (χ4v) is 3.45. The zero-order valence-electron chi connectivity index (χ0n) is 10.3. The molecule has 1 fully saturated rings. The monoisotopic (exact) mass is 341 g/mol. The summed E-state index contributed by atoms with van der Waals surface area (Å²) in [6, 6.07) is 1.78. The Morgan fingerprint density at radius 3 is 3.11 bits per heavy atom. The van der Waals surface area contributed by atoms with Crippen LogP contribution in [0.2, 0.25) is 0 Å². The maximum Gasteiger partial charge on any atom is 0.255 e. The Bertz CT molecular complexity index is 610. The number of likely N-dealkylation sites (tertiary alicyclic amines) is 1. The zero-order valence-corrected chi connectivity index (χ0v) is 12.7. The van der Waals surface area contributed by atoms with Gasteiger partial charge in [-0.1, -0.05) is 5.16 Å². The summed E-state index contributed by atoms with van der Waals surface area (Å²) in [5.41, 5.74) is 0.712. The van der Waals surface area contributed by atoms with Crippen LogP contribution >= 0.6 is 27.3 Å². The first-order chi connectivity index (χ1) is 9.15. The number of hydrogen-bond acceptors (Lipinski definition) is 5. The molecule has 0 N–H and O–H groups in total. The Morgan fingerprint density at radius 2 is 2.47 bits per heavy atom. The second kappa shape index (κ2) is 5.05. The van der Waals surface area contributed by atoms with E-state index in [1.807, 2.05) is 16.3 Å². The Balaban J connectivity index is 1.85. The lowest BCUT2D eigenvalue weighted by molar-refractivity contribution is 0.0729. The molecule has 1 aliphatic heterocycles. The maximum absolute atomic E-state index is 12.5. The lowest BCUT2D eigenvalue weighted by atomic mass is 10.2. The van der Waals surface area contributed by atoms with Crippen molar-refractivity contribution in [2.75, 3.05) is 6.54 Å². The highest BCUT2D eigenvalue weighted by atomic mass is 79.9. The lowest BCUT2D eigenvalue weighted by Gasteiger charge is -2.21. The summed E-state index contributed by atoms with van der Waals surface area (Å²) in [7, 11) is 0. The van der Waals surface area contributed by atoms with Crippen molar-refractivity contribution in [2.45, 2.75) is 25.8 Å². The van der Waals surface area contributed by atoms with Gasteiger partial charge in [0.1, 0.15) is 0 Å². The molecule has 19 heavy (non-hydrogen) atoms. The molecule has 1 amide bonds. The second-order valence-electron chi connectivity index (χ2n) is 4.47. The molecule has 0 spiro atoms. The summed E-state index contributed by atoms with van der Waals surface area (Å²) < 4.78 is 5.97. The molecule has 100 valence electrons. The molecule has 1 atom stereocenters. The van der Waals surface area contributed by atoms with Gasteiger partial charge in [-0.25, -0.2) is 0 Å². The van der Waals surface area contributed by atoms with Crippen LogP contribution in [0, 0.1) is 6.92 Å². The van der Waals surface area contributed by atoms with Crippen LogP contribution in [0.4, 0.5) is 0 Å². The van der Waals surface area contributed by atoms with Gasteiger partial charge in [0.2, 0.25) is 5.89 Å². The maximum atomic E-state index is 12.5. The van der Waals surface area contributed by atoms with E-state index < -0.39 is 0 Å². The number of carbonyl (C=O) groups excluding carboxylic acids is 1. The highest BCUT2D eigenvalue weighted by Crippen LogP contribution is 2.32. The van der Waals surface area contributed by atoms with Gasteiger partial charge in [0.15, 0.2) is 5.82 Å². The quantitative estimate of drug-likeness (QED) is 0.841. The smallest absolute Gasteiger partial charge is 0.255 e. The topological polar surface area (TPSA) is 59.2 Å². The highest BCUT2D eigenvalue weighted by molar-refractivity contribution is 9.11. The van der Waals surface area contributed by atoms with Crippen LogP contribution < -0.4 is 0 Å². The van der Waals surface area contributed by atoms with E-state index >= 15 is 0 Å². The molecule has 0 aromatic carbocycles. The SMILES string of the molecule is Cc1nc([C@@H]2CCCN2C(=O)c2csc(Br)c2)no1. The van der Waals surface area contributed by atoms with Crippen molar-refractivity contribution in [3.63, 3.8) is 0 Å². The summed E-state index contributed by atoms with van der Waals surface area (Å²) in [6.45, 7) is 2.50. The van der Waals surface area contributed by atoms with Crippen LogP contribution in [0.3, 0.4) is 0 Å². The van der Waals surface area contributed by atoms with Crippen LogP contribution in [-0.2, 0) is 0 Å². The molecular weight excluding hydrogens is 330 g/mol. The molecule has 3 rings (SSSR count). The molecule has 7 heteroatoms. The minimum atomic E-state index is -0.0661. The minimum Gasteiger partial charge on any atom is -0.340 e. The second-order valence-corrected chi connectivity index (χ2v) is 6.76. The summed E-state index contributed by atoms with van der Waals surface area (Å²) in [5.74, 6) is 1.18. The van der Waals surface area contributed by atoms with Crippen LogP contribution in [0.15, 0.2) is 19.8 Å². The van der Waals surface area contributed by atoms with Gasteiger partial charge in [-0.15, -0.1) is 11.3 Å². The molecule has 0 radical (unpaired) electrons. The standard InChI is InChI=1S/C12H12BrN3O2S/c1-7-14-11(15-18-7)9-3-2-4-16(9)12(17)8-5-10(13)19-6-8/h5-6,9H,2-4H2,1H3/t9-/m0/s1. The molecule has 1 saturated heterocycles. The Kier molecular flexibility index (Phi) is 3.40. The number of halogens is 1. The first-order valence-corrected chi connectivity index (χ1v) is 7.67. The summed E-state index contributed by atoms with van der Waals surface area (Å²) in [5, 5.41) is 5.81. The minimum absolute atomic E-state index is 0.0342. The third-order valence-electron chi connectivity index (χ3n) is 3.17. The fraction of sp³-hybridized carbons (Fsp3) is 0.417. The van der Waals surface area contributed by atoms with Gasteiger partial charge in [-0.05, 0) is 34.8 Å². The van der Waals surface area contributed by atoms with E-state index in [-0.39, 0.29) is 11.9 Å². The van der Waals surface area contributed by atoms with Crippen LogP contribution in [0.25, 0.3) is 0 Å². The van der Waals surface area contributed by atoms with Crippen LogP contribution in [-0.4, -0.2) is 27.5 Å². The van der Waals surface area contributed by atoms with Crippen LogP contribution in [0.1, 0.15) is 41.0 Å². The van der Waals surface area contributed by atoms with Crippen molar-refractivity contribution < 1.29 is 9.32 Å². The molecule has 3 heterocycles. The molecule has 2 aromatic heterocycles. The number of nitrogens with zero attached hydrogens (tertiary/aromatic N) is 3. The zero-order chi connectivity index (χ0) is 13.4. The summed E-state index contributed by atoms with van der Waals surface area (Å²) in [4.78, 5) is 18.6. The number of aryl methyl sites for hydroxylation is 1. The number of carbonyl (C=O) groups is 1. The van der Waals surface area contributed by atoms with E-state index in [1.54, 1.807) is 6.92 Å². The number of thiophene rings is 1. The van der Waals surface area contributed by atoms with Crippen molar-refractivity contribution in [2.24, 2.45) is 0 Å². The fourth-order valence-electron chi connectivity index (χ4n) is 2.32. The summed E-state index contributed by atoms with van der Waals surface area (Å²) in [6.07, 6.45) is 1.85. The van der Waals surface area contributed by atoms with Crippen LogP contribution in [0.5, 0.6) is 0 Å². The number of rotatable bonds is 2. The van der Waals surface area contributed by atoms with Crippen molar-refractivity contribution >= 4 is 33.2 Å². The molecular formula is C12H12BrN3O2S. The first-order valence-electron chi connectivity index (χ1n) is 6.00. The average Bonchev–Trinajstić information content (AvgIpc) is 3.07. The molecule has 0 unspecified atom stereocenters. The van der Waals surface area contributed by atoms with Gasteiger partial charge in [0.25, 0.3) is 5.91 Å². The molecule has 2 aromatic rings. The lowest BCUT2D eigenvalue weighted by Crippen LogP contribution is -2.30. The van der Waals surface area contributed by atoms with Crippen molar-refractivity contribution in [3.05, 3.63) is 32.5 Å². The number of aromatic nitrogens is 2. The van der Waals surface area contributed by atoms with Crippen molar-refractivity contribution in [1.82, 2.24) is 15.0 Å². The van der Waals surface area contributed by atoms with E-state index in [2.05, 4.69) is 26.1 Å². The van der Waals surface area contributed by atoms with Gasteiger partial charge < -0.3 is 9.42 Å². The predicted octanol–water partition coefficient (Wildman–Crippen LogP) is 3.18. The van der Waals surface area contributed by atoms with Gasteiger partial charge in [-0.3, -0.25) is 4.79 Å². The molecule has 0 bridgehead atoms. The normalized spacial score (nSPS) is 19.1. The van der Waals surface area contributed by atoms with Crippen molar-refractivity contribution in [3.8, 4) is 0 Å². The number of hydrogen-bond donors (Lipinski definition) is 0.